The predicted molar refractivity (Wildman–Crippen MR) is 86.1 cm³/mol. The Kier molecular flexibility index (Phi) is 6.53. The molecule has 0 atom stereocenters. The van der Waals surface area contributed by atoms with Crippen LogP contribution in [0.3, 0.4) is 0 Å². The van der Waals surface area contributed by atoms with Crippen LogP contribution in [0, 0.1) is 0 Å². The molecule has 19 heavy (non-hydrogen) atoms. The Morgan fingerprint density at radius 2 is 1.74 bits per heavy atom. The van der Waals surface area contributed by atoms with Gasteiger partial charge in [-0.1, -0.05) is 36.4 Å². The maximum absolute atomic E-state index is 5.18. The van der Waals surface area contributed by atoms with Gasteiger partial charge in [-0.25, -0.2) is 0 Å². The monoisotopic (exact) mass is 277 g/mol. The quantitative estimate of drug-likeness (QED) is 0.616. The zero-order valence-corrected chi connectivity index (χ0v) is 12.8. The zero-order chi connectivity index (χ0) is 14.3. The summed E-state index contributed by atoms with van der Waals surface area (Å²) < 4.78 is 0. The molecule has 0 saturated carbocycles. The SMILES string of the molecule is C=C(C)CNC(=S)NCc1ccc(CN(C)C)cc1. The first kappa shape index (κ1) is 15.7. The van der Waals surface area contributed by atoms with Crippen molar-refractivity contribution < 1.29 is 0 Å². The Hall–Kier alpha value is -1.39. The van der Waals surface area contributed by atoms with E-state index >= 15 is 0 Å². The highest BCUT2D eigenvalue weighted by molar-refractivity contribution is 7.80. The molecule has 0 heterocycles. The summed E-state index contributed by atoms with van der Waals surface area (Å²) >= 11 is 5.18. The molecule has 0 radical (unpaired) electrons. The lowest BCUT2D eigenvalue weighted by Crippen LogP contribution is -2.35. The molecule has 0 fully saturated rings. The molecular formula is C15H23N3S. The van der Waals surface area contributed by atoms with Crippen molar-refractivity contribution in [2.75, 3.05) is 20.6 Å². The van der Waals surface area contributed by atoms with Gasteiger partial charge in [0.1, 0.15) is 0 Å². The Morgan fingerprint density at radius 3 is 2.26 bits per heavy atom. The van der Waals surface area contributed by atoms with Gasteiger partial charge in [0.05, 0.1) is 0 Å². The smallest absolute Gasteiger partial charge is 0.166 e. The largest absolute Gasteiger partial charge is 0.359 e. The van der Waals surface area contributed by atoms with Gasteiger partial charge in [0, 0.05) is 19.6 Å². The summed E-state index contributed by atoms with van der Waals surface area (Å²) in [5.74, 6) is 0. The minimum Gasteiger partial charge on any atom is -0.359 e. The van der Waals surface area contributed by atoms with E-state index in [-0.39, 0.29) is 0 Å². The van der Waals surface area contributed by atoms with Gasteiger partial charge in [0.2, 0.25) is 0 Å². The molecule has 0 spiro atoms. The van der Waals surface area contributed by atoms with Crippen LogP contribution in [0.5, 0.6) is 0 Å². The molecule has 0 amide bonds. The molecule has 0 aliphatic carbocycles. The van der Waals surface area contributed by atoms with Crippen LogP contribution in [0.15, 0.2) is 36.4 Å². The first-order valence-corrected chi connectivity index (χ1v) is 6.77. The summed E-state index contributed by atoms with van der Waals surface area (Å²) in [6, 6.07) is 8.57. The molecule has 0 bridgehead atoms. The van der Waals surface area contributed by atoms with Crippen molar-refractivity contribution in [3.8, 4) is 0 Å². The standard InChI is InChI=1S/C15H23N3S/c1-12(2)9-16-15(19)17-10-13-5-7-14(8-6-13)11-18(3)4/h5-8H,1,9-11H2,2-4H3,(H2,16,17,19). The third-order valence-electron chi connectivity index (χ3n) is 2.53. The summed E-state index contributed by atoms with van der Waals surface area (Å²) in [5.41, 5.74) is 3.61. The van der Waals surface area contributed by atoms with Crippen LogP contribution in [-0.4, -0.2) is 30.7 Å². The van der Waals surface area contributed by atoms with Gasteiger partial charge in [-0.05, 0) is 44.4 Å². The Labute approximate surface area is 121 Å². The highest BCUT2D eigenvalue weighted by atomic mass is 32.1. The second-order valence-electron chi connectivity index (χ2n) is 5.05. The third-order valence-corrected chi connectivity index (χ3v) is 2.81. The molecule has 3 nitrogen and oxygen atoms in total. The molecule has 1 aromatic rings. The molecule has 1 rings (SSSR count). The average molecular weight is 277 g/mol. The maximum Gasteiger partial charge on any atom is 0.166 e. The average Bonchev–Trinajstić information content (AvgIpc) is 2.35. The molecule has 0 aliphatic rings. The third kappa shape index (κ3) is 6.94. The van der Waals surface area contributed by atoms with Gasteiger partial charge in [0.15, 0.2) is 5.11 Å². The summed E-state index contributed by atoms with van der Waals surface area (Å²) in [6.07, 6.45) is 0. The van der Waals surface area contributed by atoms with Gasteiger partial charge in [-0.15, -0.1) is 0 Å². The first-order valence-electron chi connectivity index (χ1n) is 6.36. The lowest BCUT2D eigenvalue weighted by atomic mass is 10.1. The molecule has 0 aliphatic heterocycles. The van der Waals surface area contributed by atoms with E-state index in [2.05, 4.69) is 60.5 Å². The fraction of sp³-hybridized carbons (Fsp3) is 0.400. The number of benzene rings is 1. The van der Waals surface area contributed by atoms with Crippen LogP contribution in [0.2, 0.25) is 0 Å². The lowest BCUT2D eigenvalue weighted by molar-refractivity contribution is 0.402. The predicted octanol–water partition coefficient (Wildman–Crippen LogP) is 2.29. The van der Waals surface area contributed by atoms with E-state index in [9.17, 15) is 0 Å². The van der Waals surface area contributed by atoms with Crippen LogP contribution in [0.4, 0.5) is 0 Å². The normalized spacial score (nSPS) is 10.3. The summed E-state index contributed by atoms with van der Waals surface area (Å²) in [5, 5.41) is 6.95. The summed E-state index contributed by atoms with van der Waals surface area (Å²) in [6.45, 7) is 8.22. The lowest BCUT2D eigenvalue weighted by Gasteiger charge is -2.12. The van der Waals surface area contributed by atoms with E-state index in [1.165, 1.54) is 11.1 Å². The Bertz CT molecular complexity index is 424. The number of nitrogens with one attached hydrogen (secondary N) is 2. The van der Waals surface area contributed by atoms with Crippen LogP contribution in [0.25, 0.3) is 0 Å². The molecule has 0 saturated heterocycles. The van der Waals surface area contributed by atoms with Crippen LogP contribution >= 0.6 is 12.2 Å². The molecule has 0 aromatic heterocycles. The first-order chi connectivity index (χ1) is 8.97. The van der Waals surface area contributed by atoms with Gasteiger partial charge in [0.25, 0.3) is 0 Å². The van der Waals surface area contributed by atoms with E-state index in [0.29, 0.717) is 11.7 Å². The van der Waals surface area contributed by atoms with Crippen LogP contribution in [0.1, 0.15) is 18.1 Å². The van der Waals surface area contributed by atoms with Crippen molar-refractivity contribution in [1.82, 2.24) is 15.5 Å². The fourth-order valence-electron chi connectivity index (χ4n) is 1.60. The highest BCUT2D eigenvalue weighted by Gasteiger charge is 1.98. The topological polar surface area (TPSA) is 27.3 Å². The second-order valence-corrected chi connectivity index (χ2v) is 5.46. The number of thiocarbonyl (C=S) groups is 1. The second kappa shape index (κ2) is 7.92. The highest BCUT2D eigenvalue weighted by Crippen LogP contribution is 2.05. The van der Waals surface area contributed by atoms with Crippen molar-refractivity contribution in [1.29, 1.82) is 0 Å². The molecule has 0 unspecified atom stereocenters. The molecule has 2 N–H and O–H groups in total. The minimum atomic E-state index is 0.667. The molecule has 4 heteroatoms. The van der Waals surface area contributed by atoms with Gasteiger partial charge < -0.3 is 15.5 Å². The van der Waals surface area contributed by atoms with Crippen molar-refractivity contribution in [3.05, 3.63) is 47.5 Å². The van der Waals surface area contributed by atoms with Crippen molar-refractivity contribution in [3.63, 3.8) is 0 Å². The number of rotatable bonds is 6. The summed E-state index contributed by atoms with van der Waals surface area (Å²) in [7, 11) is 4.14. The van der Waals surface area contributed by atoms with Gasteiger partial charge in [-0.3, -0.25) is 0 Å². The fourth-order valence-corrected chi connectivity index (χ4v) is 1.75. The van der Waals surface area contributed by atoms with Crippen molar-refractivity contribution >= 4 is 17.3 Å². The Balaban J connectivity index is 2.37. The molecule has 1 aromatic carbocycles. The maximum atomic E-state index is 5.18. The van der Waals surface area contributed by atoms with Gasteiger partial charge >= 0.3 is 0 Å². The van der Waals surface area contributed by atoms with Crippen LogP contribution in [-0.2, 0) is 13.1 Å². The summed E-state index contributed by atoms with van der Waals surface area (Å²) in [4.78, 5) is 2.16. The number of nitrogens with zero attached hydrogens (tertiary/aromatic N) is 1. The van der Waals surface area contributed by atoms with Crippen LogP contribution < -0.4 is 10.6 Å². The van der Waals surface area contributed by atoms with E-state index in [1.807, 2.05) is 6.92 Å². The number of hydrogen-bond donors (Lipinski definition) is 2. The molecular weight excluding hydrogens is 254 g/mol. The molecule has 104 valence electrons. The van der Waals surface area contributed by atoms with E-state index < -0.39 is 0 Å². The van der Waals surface area contributed by atoms with E-state index in [1.54, 1.807) is 0 Å². The Morgan fingerprint density at radius 1 is 1.16 bits per heavy atom. The minimum absolute atomic E-state index is 0.667. The van der Waals surface area contributed by atoms with E-state index in [0.717, 1.165) is 18.7 Å². The van der Waals surface area contributed by atoms with E-state index in [4.69, 9.17) is 12.2 Å². The van der Waals surface area contributed by atoms with Crippen molar-refractivity contribution in [2.45, 2.75) is 20.0 Å². The number of hydrogen-bond acceptors (Lipinski definition) is 2. The van der Waals surface area contributed by atoms with Crippen molar-refractivity contribution in [2.24, 2.45) is 0 Å². The van der Waals surface area contributed by atoms with Gasteiger partial charge in [-0.2, -0.15) is 0 Å². The zero-order valence-electron chi connectivity index (χ0n) is 12.0.